The number of rotatable bonds is 2. The van der Waals surface area contributed by atoms with Crippen LogP contribution in [0.4, 0.5) is 24.0 Å². The van der Waals surface area contributed by atoms with Crippen molar-refractivity contribution in [1.82, 2.24) is 15.1 Å². The second kappa shape index (κ2) is 6.82. The van der Waals surface area contributed by atoms with E-state index in [4.69, 9.17) is 4.42 Å². The number of nitrogens with zero attached hydrogens (tertiary/aromatic N) is 3. The Balaban J connectivity index is 1.56. The Morgan fingerprint density at radius 3 is 2.62 bits per heavy atom. The molecule has 3 rings (SSSR count). The molecule has 0 unspecified atom stereocenters. The summed E-state index contributed by atoms with van der Waals surface area (Å²) in [6.07, 6.45) is 1.92. The van der Waals surface area contributed by atoms with E-state index < -0.39 is 17.8 Å². The van der Waals surface area contributed by atoms with Gasteiger partial charge in [-0.25, -0.2) is 4.79 Å². The molecule has 2 heterocycles. The first kappa shape index (κ1) is 16.8. The standard InChI is InChI=1S/C15H19F3N4O2/c16-15(17,18)11-6-8-22(9-7-11)14(23)19-13-21-20-12(24-13)10-4-2-1-3-5-10/h6,10H,1-5,7-9H2,(H,19,21,23). The number of aromatic nitrogens is 2. The van der Waals surface area contributed by atoms with Gasteiger partial charge in [0.2, 0.25) is 5.89 Å². The van der Waals surface area contributed by atoms with Crippen molar-refractivity contribution in [2.75, 3.05) is 18.4 Å². The molecule has 24 heavy (non-hydrogen) atoms. The highest BCUT2D eigenvalue weighted by Gasteiger charge is 2.35. The summed E-state index contributed by atoms with van der Waals surface area (Å²) in [5.74, 6) is 0.743. The first-order valence-corrected chi connectivity index (χ1v) is 8.09. The lowest BCUT2D eigenvalue weighted by Crippen LogP contribution is -2.39. The Morgan fingerprint density at radius 2 is 2.00 bits per heavy atom. The van der Waals surface area contributed by atoms with Gasteiger partial charge in [0, 0.05) is 24.6 Å². The van der Waals surface area contributed by atoms with E-state index in [0.717, 1.165) is 31.8 Å². The zero-order chi connectivity index (χ0) is 17.2. The molecule has 2 amide bonds. The first-order chi connectivity index (χ1) is 11.4. The maximum atomic E-state index is 12.6. The molecule has 1 aliphatic heterocycles. The van der Waals surface area contributed by atoms with Gasteiger partial charge in [0.15, 0.2) is 0 Å². The summed E-state index contributed by atoms with van der Waals surface area (Å²) in [4.78, 5) is 13.4. The number of urea groups is 1. The third-order valence-corrected chi connectivity index (χ3v) is 4.47. The van der Waals surface area contributed by atoms with E-state index in [1.807, 2.05) is 0 Å². The molecule has 9 heteroatoms. The number of hydrogen-bond acceptors (Lipinski definition) is 4. The lowest BCUT2D eigenvalue weighted by Gasteiger charge is -2.26. The van der Waals surface area contributed by atoms with Gasteiger partial charge in [0.1, 0.15) is 0 Å². The Kier molecular flexibility index (Phi) is 4.77. The Labute approximate surface area is 137 Å². The minimum Gasteiger partial charge on any atom is -0.408 e. The number of hydrogen-bond donors (Lipinski definition) is 1. The maximum absolute atomic E-state index is 12.6. The van der Waals surface area contributed by atoms with Gasteiger partial charge in [0.25, 0.3) is 0 Å². The maximum Gasteiger partial charge on any atom is 0.412 e. The minimum atomic E-state index is -4.33. The van der Waals surface area contributed by atoms with Gasteiger partial charge in [-0.3, -0.25) is 5.32 Å². The van der Waals surface area contributed by atoms with E-state index in [1.165, 1.54) is 11.3 Å². The monoisotopic (exact) mass is 344 g/mol. The van der Waals surface area contributed by atoms with Gasteiger partial charge in [0.05, 0.1) is 0 Å². The van der Waals surface area contributed by atoms with Crippen LogP contribution >= 0.6 is 0 Å². The van der Waals surface area contributed by atoms with Crippen LogP contribution in [0.1, 0.15) is 50.3 Å². The molecule has 0 atom stereocenters. The van der Waals surface area contributed by atoms with Crippen LogP contribution in [-0.4, -0.2) is 40.4 Å². The molecule has 132 valence electrons. The second-order valence-corrected chi connectivity index (χ2v) is 6.13. The summed E-state index contributed by atoms with van der Waals surface area (Å²) in [6.45, 7) is -0.0922. The molecule has 0 bridgehead atoms. The second-order valence-electron chi connectivity index (χ2n) is 6.13. The number of halogens is 3. The third kappa shape index (κ3) is 3.88. The van der Waals surface area contributed by atoms with Crippen molar-refractivity contribution >= 4 is 12.0 Å². The number of anilines is 1. The molecule has 0 aromatic carbocycles. The van der Waals surface area contributed by atoms with E-state index in [-0.39, 0.29) is 31.4 Å². The zero-order valence-corrected chi connectivity index (χ0v) is 13.1. The van der Waals surface area contributed by atoms with E-state index in [9.17, 15) is 18.0 Å². The largest absolute Gasteiger partial charge is 0.412 e. The number of carbonyl (C=O) groups excluding carboxylic acids is 1. The highest BCUT2D eigenvalue weighted by Crippen LogP contribution is 2.32. The Morgan fingerprint density at radius 1 is 1.25 bits per heavy atom. The number of nitrogens with one attached hydrogen (secondary N) is 1. The molecule has 2 aliphatic rings. The zero-order valence-electron chi connectivity index (χ0n) is 13.1. The molecular weight excluding hydrogens is 325 g/mol. The minimum absolute atomic E-state index is 0.000790. The van der Waals surface area contributed by atoms with Crippen LogP contribution in [0.2, 0.25) is 0 Å². The van der Waals surface area contributed by atoms with Gasteiger partial charge in [-0.15, -0.1) is 5.10 Å². The van der Waals surface area contributed by atoms with Gasteiger partial charge in [-0.05, 0) is 19.3 Å². The summed E-state index contributed by atoms with van der Waals surface area (Å²) in [6, 6.07) is -0.544. The fourth-order valence-corrected chi connectivity index (χ4v) is 3.08. The Bertz CT molecular complexity index is 620. The molecule has 1 aliphatic carbocycles. The summed E-state index contributed by atoms with van der Waals surface area (Å²) in [5, 5.41) is 10.2. The van der Waals surface area contributed by atoms with Crippen LogP contribution in [0, 0.1) is 0 Å². The molecule has 1 aromatic rings. The molecular formula is C15H19F3N4O2. The number of carbonyl (C=O) groups is 1. The van der Waals surface area contributed by atoms with Crippen LogP contribution in [0.3, 0.4) is 0 Å². The van der Waals surface area contributed by atoms with Crippen molar-refractivity contribution in [2.45, 2.75) is 50.6 Å². The number of amides is 2. The van der Waals surface area contributed by atoms with Crippen LogP contribution in [-0.2, 0) is 0 Å². The predicted molar refractivity (Wildman–Crippen MR) is 79.5 cm³/mol. The van der Waals surface area contributed by atoms with Crippen molar-refractivity contribution in [3.05, 3.63) is 17.5 Å². The van der Waals surface area contributed by atoms with Gasteiger partial charge >= 0.3 is 18.2 Å². The lowest BCUT2D eigenvalue weighted by molar-refractivity contribution is -0.0956. The molecule has 1 fully saturated rings. The summed E-state index contributed by atoms with van der Waals surface area (Å²) >= 11 is 0. The SMILES string of the molecule is O=C(Nc1nnc(C2CCCCC2)o1)N1CC=C(C(F)(F)F)CC1. The van der Waals surface area contributed by atoms with Crippen LogP contribution in [0.5, 0.6) is 0 Å². The molecule has 1 N–H and O–H groups in total. The van der Waals surface area contributed by atoms with Crippen molar-refractivity contribution < 1.29 is 22.4 Å². The summed E-state index contributed by atoms with van der Waals surface area (Å²) in [5.41, 5.74) is -0.594. The van der Waals surface area contributed by atoms with E-state index in [2.05, 4.69) is 15.5 Å². The average Bonchev–Trinajstić information content (AvgIpc) is 3.03. The van der Waals surface area contributed by atoms with Gasteiger partial charge < -0.3 is 9.32 Å². The van der Waals surface area contributed by atoms with Gasteiger partial charge in [-0.1, -0.05) is 30.4 Å². The smallest absolute Gasteiger partial charge is 0.408 e. The summed E-state index contributed by atoms with van der Waals surface area (Å²) in [7, 11) is 0. The fraction of sp³-hybridized carbons (Fsp3) is 0.667. The fourth-order valence-electron chi connectivity index (χ4n) is 3.08. The van der Waals surface area contributed by atoms with Crippen molar-refractivity contribution in [2.24, 2.45) is 0 Å². The highest BCUT2D eigenvalue weighted by molar-refractivity contribution is 5.87. The normalized spacial score (nSPS) is 20.0. The van der Waals surface area contributed by atoms with E-state index >= 15 is 0 Å². The van der Waals surface area contributed by atoms with Crippen LogP contribution in [0.25, 0.3) is 0 Å². The Hall–Kier alpha value is -2.06. The molecule has 1 saturated carbocycles. The van der Waals surface area contributed by atoms with E-state index in [1.54, 1.807) is 0 Å². The summed E-state index contributed by atoms with van der Waals surface area (Å²) < 4.78 is 43.2. The molecule has 0 saturated heterocycles. The molecule has 0 spiro atoms. The van der Waals surface area contributed by atoms with Crippen LogP contribution in [0.15, 0.2) is 16.1 Å². The topological polar surface area (TPSA) is 71.3 Å². The quantitative estimate of drug-likeness (QED) is 0.828. The van der Waals surface area contributed by atoms with Crippen molar-refractivity contribution in [3.8, 4) is 0 Å². The first-order valence-electron chi connectivity index (χ1n) is 8.09. The number of alkyl halides is 3. The third-order valence-electron chi connectivity index (χ3n) is 4.47. The van der Waals surface area contributed by atoms with Crippen molar-refractivity contribution in [1.29, 1.82) is 0 Å². The molecule has 1 aromatic heterocycles. The average molecular weight is 344 g/mol. The van der Waals surface area contributed by atoms with Gasteiger partial charge in [-0.2, -0.15) is 13.2 Å². The lowest BCUT2D eigenvalue weighted by atomic mass is 9.89. The highest BCUT2D eigenvalue weighted by atomic mass is 19.4. The predicted octanol–water partition coefficient (Wildman–Crippen LogP) is 3.84. The molecule has 6 nitrogen and oxygen atoms in total. The molecule has 0 radical (unpaired) electrons. The van der Waals surface area contributed by atoms with Crippen LogP contribution < -0.4 is 5.32 Å². The van der Waals surface area contributed by atoms with E-state index in [0.29, 0.717) is 5.89 Å². The van der Waals surface area contributed by atoms with Crippen molar-refractivity contribution in [3.63, 3.8) is 0 Å².